The fourth-order valence-corrected chi connectivity index (χ4v) is 2.42. The van der Waals surface area contributed by atoms with Crippen LogP contribution in [0.3, 0.4) is 0 Å². The molecule has 3 rings (SSSR count). The molecule has 1 heterocycles. The third-order valence-corrected chi connectivity index (χ3v) is 3.70. The Morgan fingerprint density at radius 2 is 1.91 bits per heavy atom. The number of anilines is 1. The molecule has 3 aromatic rings. The molecule has 4 nitrogen and oxygen atoms in total. The van der Waals surface area contributed by atoms with E-state index in [0.717, 1.165) is 10.0 Å². The Morgan fingerprint density at radius 3 is 2.64 bits per heavy atom. The first-order valence-electron chi connectivity index (χ1n) is 6.41. The summed E-state index contributed by atoms with van der Waals surface area (Å²) < 4.78 is 6.09. The summed E-state index contributed by atoms with van der Waals surface area (Å²) in [4.78, 5) is 12.2. The van der Waals surface area contributed by atoms with E-state index in [0.29, 0.717) is 16.5 Å². The van der Waals surface area contributed by atoms with Crippen LogP contribution in [0.2, 0.25) is 5.02 Å². The molecule has 1 aromatic heterocycles. The second-order valence-electron chi connectivity index (χ2n) is 4.55. The molecular formula is C16H10BrClN2O2. The maximum atomic E-state index is 12.2. The summed E-state index contributed by atoms with van der Waals surface area (Å²) in [6, 6.07) is 16.0. The van der Waals surface area contributed by atoms with Crippen LogP contribution in [0, 0.1) is 0 Å². The minimum Gasteiger partial charge on any atom is -0.355 e. The van der Waals surface area contributed by atoms with Gasteiger partial charge < -0.3 is 9.84 Å². The highest BCUT2D eigenvalue weighted by Gasteiger charge is 2.14. The molecule has 0 radical (unpaired) electrons. The van der Waals surface area contributed by atoms with Crippen molar-refractivity contribution in [3.05, 3.63) is 69.8 Å². The van der Waals surface area contributed by atoms with Crippen molar-refractivity contribution >= 4 is 39.1 Å². The minimum atomic E-state index is -0.331. The molecule has 0 fully saturated rings. The first-order chi connectivity index (χ1) is 10.6. The number of aromatic nitrogens is 1. The van der Waals surface area contributed by atoms with Crippen LogP contribution < -0.4 is 5.32 Å². The van der Waals surface area contributed by atoms with Crippen LogP contribution in [0.4, 0.5) is 5.69 Å². The number of amides is 1. The molecule has 0 spiro atoms. The molecule has 22 heavy (non-hydrogen) atoms. The van der Waals surface area contributed by atoms with Gasteiger partial charge in [0, 0.05) is 26.8 Å². The van der Waals surface area contributed by atoms with E-state index in [1.54, 1.807) is 42.5 Å². The molecule has 6 heteroatoms. The second-order valence-corrected chi connectivity index (χ2v) is 5.90. The summed E-state index contributed by atoms with van der Waals surface area (Å²) in [5.74, 6) is 0.179. The summed E-state index contributed by atoms with van der Waals surface area (Å²) >= 11 is 9.20. The van der Waals surface area contributed by atoms with Crippen molar-refractivity contribution in [1.82, 2.24) is 5.16 Å². The third kappa shape index (κ3) is 3.37. The Bertz CT molecular complexity index is 815. The maximum Gasteiger partial charge on any atom is 0.277 e. The first kappa shape index (κ1) is 14.8. The van der Waals surface area contributed by atoms with Crippen LogP contribution >= 0.6 is 27.5 Å². The van der Waals surface area contributed by atoms with Gasteiger partial charge in [-0.25, -0.2) is 0 Å². The molecule has 0 atom stereocenters. The van der Waals surface area contributed by atoms with Gasteiger partial charge in [0.15, 0.2) is 11.5 Å². The van der Waals surface area contributed by atoms with E-state index in [-0.39, 0.29) is 11.6 Å². The predicted octanol–water partition coefficient (Wildman–Crippen LogP) is 5.01. The van der Waals surface area contributed by atoms with Gasteiger partial charge in [-0.3, -0.25) is 4.79 Å². The van der Waals surface area contributed by atoms with Crippen LogP contribution in [0.1, 0.15) is 10.5 Å². The minimum absolute atomic E-state index is 0.213. The second kappa shape index (κ2) is 6.34. The molecule has 0 bridgehead atoms. The summed E-state index contributed by atoms with van der Waals surface area (Å²) in [5, 5.41) is 7.20. The molecule has 0 aliphatic rings. The lowest BCUT2D eigenvalue weighted by molar-refractivity contribution is 0.101. The highest BCUT2D eigenvalue weighted by atomic mass is 79.9. The molecule has 0 saturated heterocycles. The molecule has 0 aliphatic heterocycles. The fraction of sp³-hybridized carbons (Fsp3) is 0. The average Bonchev–Trinajstić information content (AvgIpc) is 2.98. The van der Waals surface area contributed by atoms with E-state index in [1.165, 1.54) is 0 Å². The first-order valence-corrected chi connectivity index (χ1v) is 7.58. The quantitative estimate of drug-likeness (QED) is 0.698. The summed E-state index contributed by atoms with van der Waals surface area (Å²) in [6.45, 7) is 0. The maximum absolute atomic E-state index is 12.2. The van der Waals surface area contributed by atoms with E-state index >= 15 is 0 Å². The molecule has 0 saturated carbocycles. The number of carbonyl (C=O) groups excluding carboxylic acids is 1. The van der Waals surface area contributed by atoms with Crippen molar-refractivity contribution in [3.8, 4) is 11.3 Å². The monoisotopic (exact) mass is 376 g/mol. The Morgan fingerprint density at radius 1 is 1.14 bits per heavy atom. The fourth-order valence-electron chi connectivity index (χ4n) is 1.89. The number of hydrogen-bond donors (Lipinski definition) is 1. The zero-order chi connectivity index (χ0) is 15.5. The van der Waals surface area contributed by atoms with E-state index in [1.807, 2.05) is 12.1 Å². The Hall–Kier alpha value is -2.11. The number of carbonyl (C=O) groups is 1. The van der Waals surface area contributed by atoms with Crippen molar-refractivity contribution in [2.45, 2.75) is 0 Å². The van der Waals surface area contributed by atoms with Gasteiger partial charge in [-0.05, 0) is 42.5 Å². The van der Waals surface area contributed by atoms with Gasteiger partial charge in [-0.2, -0.15) is 0 Å². The van der Waals surface area contributed by atoms with Crippen molar-refractivity contribution < 1.29 is 9.32 Å². The van der Waals surface area contributed by atoms with E-state index in [2.05, 4.69) is 26.4 Å². The zero-order valence-electron chi connectivity index (χ0n) is 11.2. The van der Waals surface area contributed by atoms with Crippen molar-refractivity contribution in [2.24, 2.45) is 0 Å². The summed E-state index contributed by atoms with van der Waals surface area (Å²) in [7, 11) is 0. The van der Waals surface area contributed by atoms with Gasteiger partial charge >= 0.3 is 0 Å². The predicted molar refractivity (Wildman–Crippen MR) is 89.0 cm³/mol. The van der Waals surface area contributed by atoms with Crippen LogP contribution in [-0.2, 0) is 0 Å². The number of hydrogen-bond acceptors (Lipinski definition) is 3. The lowest BCUT2D eigenvalue weighted by atomic mass is 10.1. The lowest BCUT2D eigenvalue weighted by Gasteiger charge is -2.02. The van der Waals surface area contributed by atoms with Crippen molar-refractivity contribution in [1.29, 1.82) is 0 Å². The van der Waals surface area contributed by atoms with Crippen molar-refractivity contribution in [3.63, 3.8) is 0 Å². The molecule has 0 aliphatic carbocycles. The van der Waals surface area contributed by atoms with Gasteiger partial charge in [0.05, 0.1) is 0 Å². The van der Waals surface area contributed by atoms with Gasteiger partial charge in [-0.15, -0.1) is 0 Å². The van der Waals surface area contributed by atoms with Gasteiger partial charge in [0.2, 0.25) is 0 Å². The summed E-state index contributed by atoms with van der Waals surface area (Å²) in [5.41, 5.74) is 1.69. The standard InChI is InChI=1S/C16H10BrClN2O2/c17-11-2-1-3-13(8-11)19-16(21)14-9-15(22-20-14)10-4-6-12(18)7-5-10/h1-9H,(H,19,21). The van der Waals surface area contributed by atoms with Crippen LogP contribution in [0.5, 0.6) is 0 Å². The summed E-state index contributed by atoms with van der Waals surface area (Å²) in [6.07, 6.45) is 0. The molecule has 1 amide bonds. The number of nitrogens with one attached hydrogen (secondary N) is 1. The number of nitrogens with zero attached hydrogens (tertiary/aromatic N) is 1. The topological polar surface area (TPSA) is 55.1 Å². The Kier molecular flexibility index (Phi) is 4.27. The normalized spacial score (nSPS) is 10.5. The zero-order valence-corrected chi connectivity index (χ0v) is 13.6. The van der Waals surface area contributed by atoms with E-state index in [4.69, 9.17) is 16.1 Å². The van der Waals surface area contributed by atoms with Crippen LogP contribution in [0.25, 0.3) is 11.3 Å². The molecular weight excluding hydrogens is 368 g/mol. The molecule has 1 N–H and O–H groups in total. The van der Waals surface area contributed by atoms with Crippen LogP contribution in [0.15, 0.2) is 63.6 Å². The smallest absolute Gasteiger partial charge is 0.277 e. The highest BCUT2D eigenvalue weighted by molar-refractivity contribution is 9.10. The third-order valence-electron chi connectivity index (χ3n) is 2.95. The average molecular weight is 378 g/mol. The number of rotatable bonds is 3. The van der Waals surface area contributed by atoms with Gasteiger partial charge in [0.25, 0.3) is 5.91 Å². The number of benzene rings is 2. The molecule has 0 unspecified atom stereocenters. The van der Waals surface area contributed by atoms with Gasteiger partial charge in [-0.1, -0.05) is 38.8 Å². The van der Waals surface area contributed by atoms with E-state index < -0.39 is 0 Å². The largest absolute Gasteiger partial charge is 0.355 e. The Labute approximate surface area is 140 Å². The Balaban J connectivity index is 1.78. The van der Waals surface area contributed by atoms with Crippen molar-refractivity contribution in [2.75, 3.05) is 5.32 Å². The van der Waals surface area contributed by atoms with E-state index in [9.17, 15) is 4.79 Å². The van der Waals surface area contributed by atoms with Crippen LogP contribution in [-0.4, -0.2) is 11.1 Å². The number of halogens is 2. The SMILES string of the molecule is O=C(Nc1cccc(Br)c1)c1cc(-c2ccc(Cl)cc2)on1. The lowest BCUT2D eigenvalue weighted by Crippen LogP contribution is -2.11. The molecule has 110 valence electrons. The van der Waals surface area contributed by atoms with Gasteiger partial charge in [0.1, 0.15) is 0 Å². The highest BCUT2D eigenvalue weighted by Crippen LogP contribution is 2.23. The molecule has 2 aromatic carbocycles.